The van der Waals surface area contributed by atoms with E-state index in [4.69, 9.17) is 0 Å². The minimum Gasteiger partial charge on any atom is -0.351 e. The van der Waals surface area contributed by atoms with Crippen molar-refractivity contribution in [3.05, 3.63) is 65.7 Å². The van der Waals surface area contributed by atoms with Gasteiger partial charge in [0.1, 0.15) is 11.6 Å². The molecule has 2 aromatic heterocycles. The van der Waals surface area contributed by atoms with Crippen LogP contribution in [0.5, 0.6) is 0 Å². The van der Waals surface area contributed by atoms with Gasteiger partial charge in [0, 0.05) is 17.6 Å². The number of benzene rings is 1. The number of aryl methyl sites for hydroxylation is 1. The highest BCUT2D eigenvalue weighted by atomic mass is 32.2. The number of pyridine rings is 2. The van der Waals surface area contributed by atoms with Gasteiger partial charge >= 0.3 is 6.18 Å². The van der Waals surface area contributed by atoms with Gasteiger partial charge in [0.05, 0.1) is 11.3 Å². The molecule has 0 aliphatic carbocycles. The summed E-state index contributed by atoms with van der Waals surface area (Å²) in [5.74, 6) is 0.413. The predicted octanol–water partition coefficient (Wildman–Crippen LogP) is 6.18. The molecule has 2 fully saturated rings. The van der Waals surface area contributed by atoms with E-state index < -0.39 is 21.8 Å². The van der Waals surface area contributed by atoms with Crippen LogP contribution in [0.3, 0.4) is 0 Å². The molecule has 10 heteroatoms. The van der Waals surface area contributed by atoms with Crippen LogP contribution in [0.25, 0.3) is 11.3 Å². The summed E-state index contributed by atoms with van der Waals surface area (Å²) in [6, 6.07) is 14.0. The lowest BCUT2D eigenvalue weighted by molar-refractivity contribution is -0.137. The van der Waals surface area contributed by atoms with Crippen LogP contribution < -0.4 is 9.62 Å². The van der Waals surface area contributed by atoms with Gasteiger partial charge < -0.3 is 4.90 Å². The van der Waals surface area contributed by atoms with Crippen LogP contribution in [0.4, 0.5) is 24.8 Å². The predicted molar refractivity (Wildman–Crippen MR) is 132 cm³/mol. The van der Waals surface area contributed by atoms with Crippen molar-refractivity contribution in [2.24, 2.45) is 0 Å². The Labute approximate surface area is 208 Å². The molecule has 0 radical (unpaired) electrons. The molecule has 0 unspecified atom stereocenters. The highest BCUT2D eigenvalue weighted by Crippen LogP contribution is 2.39. The fourth-order valence-electron chi connectivity index (χ4n) is 5.37. The van der Waals surface area contributed by atoms with Gasteiger partial charge in [-0.25, -0.2) is 9.97 Å². The van der Waals surface area contributed by atoms with Gasteiger partial charge in [-0.3, -0.25) is 4.72 Å². The van der Waals surface area contributed by atoms with E-state index in [9.17, 15) is 21.6 Å². The SMILES string of the molecule is Cc1ccccc1-c1nc(NS(=O)(=O)c2cccc(N3C4CCCC3CCC4)n2)ccc1C(F)(F)F. The zero-order chi connectivity index (χ0) is 25.5. The van der Waals surface area contributed by atoms with Crippen LogP contribution in [0, 0.1) is 6.92 Å². The van der Waals surface area contributed by atoms with Crippen molar-refractivity contribution in [2.75, 3.05) is 9.62 Å². The molecule has 190 valence electrons. The lowest BCUT2D eigenvalue weighted by atomic mass is 9.84. The molecule has 0 amide bonds. The number of aromatic nitrogens is 2. The Bertz CT molecular complexity index is 1360. The average Bonchev–Trinajstić information content (AvgIpc) is 2.83. The Hall–Kier alpha value is -3.14. The Kier molecular flexibility index (Phi) is 6.40. The number of alkyl halides is 3. The van der Waals surface area contributed by atoms with Crippen molar-refractivity contribution >= 4 is 21.7 Å². The van der Waals surface area contributed by atoms with Gasteiger partial charge in [-0.15, -0.1) is 0 Å². The van der Waals surface area contributed by atoms with E-state index in [0.717, 1.165) is 50.7 Å². The summed E-state index contributed by atoms with van der Waals surface area (Å²) >= 11 is 0. The summed E-state index contributed by atoms with van der Waals surface area (Å²) in [6.45, 7) is 1.68. The summed E-state index contributed by atoms with van der Waals surface area (Å²) in [5, 5.41) is -0.192. The number of fused-ring (bicyclic) bond motifs is 2. The number of piperidine rings is 2. The maximum Gasteiger partial charge on any atom is 0.418 e. The summed E-state index contributed by atoms with van der Waals surface area (Å²) < 4.78 is 70.0. The molecular weight excluding hydrogens is 489 g/mol. The fourth-order valence-corrected chi connectivity index (χ4v) is 6.34. The summed E-state index contributed by atoms with van der Waals surface area (Å²) in [4.78, 5) is 10.8. The number of nitrogens with one attached hydrogen (secondary N) is 1. The summed E-state index contributed by atoms with van der Waals surface area (Å²) in [7, 11) is -4.19. The van der Waals surface area contributed by atoms with Crippen molar-refractivity contribution in [1.82, 2.24) is 9.97 Å². The Morgan fingerprint density at radius 3 is 2.19 bits per heavy atom. The lowest BCUT2D eigenvalue weighted by Gasteiger charge is -2.47. The fraction of sp³-hybridized carbons (Fsp3) is 0.385. The molecule has 0 atom stereocenters. The van der Waals surface area contributed by atoms with Crippen LogP contribution in [0.2, 0.25) is 0 Å². The number of anilines is 2. The molecule has 5 rings (SSSR count). The van der Waals surface area contributed by atoms with E-state index in [0.29, 0.717) is 23.5 Å². The average molecular weight is 517 g/mol. The molecule has 4 heterocycles. The minimum absolute atomic E-state index is 0.192. The number of hydrogen-bond acceptors (Lipinski definition) is 5. The van der Waals surface area contributed by atoms with E-state index >= 15 is 0 Å². The molecule has 2 saturated heterocycles. The van der Waals surface area contributed by atoms with Crippen molar-refractivity contribution in [2.45, 2.75) is 68.7 Å². The number of halogens is 3. The second-order valence-electron chi connectivity index (χ2n) is 9.42. The number of hydrogen-bond donors (Lipinski definition) is 1. The van der Waals surface area contributed by atoms with Gasteiger partial charge in [0.25, 0.3) is 10.0 Å². The number of nitrogens with zero attached hydrogens (tertiary/aromatic N) is 3. The van der Waals surface area contributed by atoms with E-state index in [1.807, 2.05) is 6.07 Å². The topological polar surface area (TPSA) is 75.2 Å². The van der Waals surface area contributed by atoms with Crippen molar-refractivity contribution in [3.8, 4) is 11.3 Å². The first-order chi connectivity index (χ1) is 17.1. The number of rotatable bonds is 5. The maximum atomic E-state index is 13.7. The van der Waals surface area contributed by atoms with Crippen LogP contribution >= 0.6 is 0 Å². The second kappa shape index (κ2) is 9.38. The molecule has 1 N–H and O–H groups in total. The van der Waals surface area contributed by atoms with E-state index in [2.05, 4.69) is 19.6 Å². The molecule has 2 aliphatic heterocycles. The summed E-state index contributed by atoms with van der Waals surface area (Å²) in [5.41, 5.74) is -0.389. The van der Waals surface area contributed by atoms with Gasteiger partial charge in [0.15, 0.2) is 5.03 Å². The Balaban J connectivity index is 1.48. The standard InChI is InChI=1S/C26H27F3N4O2S/c1-17-7-2-3-12-20(17)25-21(26(27,28)29)15-16-22(30-25)32-36(34,35)24-14-6-13-23(31-24)33-18-8-4-9-19(33)11-5-10-18/h2-3,6-7,12-16,18-19H,4-5,8-11H2,1H3,(H,30,32). The second-order valence-corrected chi connectivity index (χ2v) is 11.1. The molecule has 3 aromatic rings. The molecule has 2 bridgehead atoms. The maximum absolute atomic E-state index is 13.7. The van der Waals surface area contributed by atoms with Crippen molar-refractivity contribution in [3.63, 3.8) is 0 Å². The highest BCUT2D eigenvalue weighted by molar-refractivity contribution is 7.92. The van der Waals surface area contributed by atoms with Crippen LogP contribution in [-0.4, -0.2) is 30.5 Å². The van der Waals surface area contributed by atoms with Gasteiger partial charge in [-0.1, -0.05) is 30.3 Å². The summed E-state index contributed by atoms with van der Waals surface area (Å²) in [6.07, 6.45) is 1.91. The Morgan fingerprint density at radius 2 is 1.56 bits per heavy atom. The largest absolute Gasteiger partial charge is 0.418 e. The number of sulfonamides is 1. The third-order valence-corrected chi connectivity index (χ3v) is 8.28. The minimum atomic E-state index is -4.65. The molecule has 1 aromatic carbocycles. The van der Waals surface area contributed by atoms with E-state index in [1.165, 1.54) is 12.1 Å². The van der Waals surface area contributed by atoms with Crippen molar-refractivity contribution in [1.29, 1.82) is 0 Å². The molecule has 36 heavy (non-hydrogen) atoms. The molecular formula is C26H27F3N4O2S. The highest BCUT2D eigenvalue weighted by Gasteiger charge is 2.36. The monoisotopic (exact) mass is 516 g/mol. The van der Waals surface area contributed by atoms with E-state index in [1.54, 1.807) is 31.2 Å². The first-order valence-corrected chi connectivity index (χ1v) is 13.5. The van der Waals surface area contributed by atoms with Gasteiger partial charge in [-0.05, 0) is 75.3 Å². The van der Waals surface area contributed by atoms with Gasteiger partial charge in [-0.2, -0.15) is 21.6 Å². The molecule has 0 saturated carbocycles. The van der Waals surface area contributed by atoms with Crippen LogP contribution in [0.15, 0.2) is 59.6 Å². The molecule has 2 aliphatic rings. The third kappa shape index (κ3) is 4.78. The van der Waals surface area contributed by atoms with E-state index in [-0.39, 0.29) is 22.1 Å². The van der Waals surface area contributed by atoms with Crippen LogP contribution in [0.1, 0.15) is 49.7 Å². The Morgan fingerprint density at radius 1 is 0.889 bits per heavy atom. The third-order valence-electron chi connectivity index (χ3n) is 7.02. The molecule has 6 nitrogen and oxygen atoms in total. The molecule has 0 spiro atoms. The zero-order valence-electron chi connectivity index (χ0n) is 19.8. The zero-order valence-corrected chi connectivity index (χ0v) is 20.6. The normalized spacial score (nSPS) is 20.3. The van der Waals surface area contributed by atoms with Crippen molar-refractivity contribution < 1.29 is 21.6 Å². The van der Waals surface area contributed by atoms with Gasteiger partial charge in [0.2, 0.25) is 0 Å². The quantitative estimate of drug-likeness (QED) is 0.438. The smallest absolute Gasteiger partial charge is 0.351 e. The first-order valence-electron chi connectivity index (χ1n) is 12.1. The lowest BCUT2D eigenvalue weighted by Crippen LogP contribution is -2.50. The first kappa shape index (κ1) is 24.5. The van der Waals surface area contributed by atoms with Crippen LogP contribution in [-0.2, 0) is 16.2 Å².